The zero-order valence-electron chi connectivity index (χ0n) is 25.8. The van der Waals surface area contributed by atoms with Gasteiger partial charge in [-0.1, -0.05) is 6.07 Å². The minimum atomic E-state index is -3.70. The van der Waals surface area contributed by atoms with Crippen molar-refractivity contribution in [3.63, 3.8) is 0 Å². The molecule has 1 N–H and O–H groups in total. The van der Waals surface area contributed by atoms with E-state index in [0.29, 0.717) is 25.4 Å². The van der Waals surface area contributed by atoms with Crippen LogP contribution in [0.2, 0.25) is 0 Å². The molecule has 12 nitrogen and oxygen atoms in total. The van der Waals surface area contributed by atoms with Gasteiger partial charge in [0.15, 0.2) is 11.6 Å². The maximum Gasteiger partial charge on any atom is 0.264 e. The van der Waals surface area contributed by atoms with Gasteiger partial charge in [0.05, 0.1) is 53.8 Å². The molecule has 47 heavy (non-hydrogen) atoms. The minimum absolute atomic E-state index is 0.0587. The molecule has 1 amide bonds. The maximum absolute atomic E-state index is 14.3. The molecule has 2 unspecified atom stereocenters. The number of pyridine rings is 1. The molecule has 7 rings (SSSR count). The van der Waals surface area contributed by atoms with Crippen LogP contribution in [0, 0.1) is 17.1 Å². The van der Waals surface area contributed by atoms with Gasteiger partial charge < -0.3 is 18.9 Å². The van der Waals surface area contributed by atoms with Gasteiger partial charge in [0.2, 0.25) is 10.0 Å². The van der Waals surface area contributed by atoms with Crippen LogP contribution in [0.15, 0.2) is 54.6 Å². The summed E-state index contributed by atoms with van der Waals surface area (Å²) in [6, 6.07) is 17.4. The molecule has 244 valence electrons. The molecule has 0 aliphatic carbocycles. The van der Waals surface area contributed by atoms with Gasteiger partial charge in [0.25, 0.3) is 5.91 Å². The average Bonchev–Trinajstić information content (AvgIpc) is 3.49. The summed E-state index contributed by atoms with van der Waals surface area (Å²) in [5.74, 6) is 0.556. The molecule has 0 saturated carbocycles. The Hall–Kier alpha value is -4.58. The normalized spacial score (nSPS) is 21.0. The van der Waals surface area contributed by atoms with Crippen molar-refractivity contribution in [1.29, 1.82) is 5.26 Å². The average molecular weight is 660 g/mol. The Balaban J connectivity index is 1.07. The van der Waals surface area contributed by atoms with Crippen LogP contribution in [0.4, 0.5) is 10.2 Å². The minimum Gasteiger partial charge on any atom is -0.484 e. The molecular formula is C33H34FN7O5S. The van der Waals surface area contributed by atoms with E-state index in [2.05, 4.69) is 14.4 Å². The number of imidazole rings is 1. The third kappa shape index (κ3) is 6.64. The van der Waals surface area contributed by atoms with E-state index >= 15 is 0 Å². The van der Waals surface area contributed by atoms with Gasteiger partial charge in [-0.15, -0.1) is 0 Å². The Morgan fingerprint density at radius 1 is 1.11 bits per heavy atom. The molecule has 14 heteroatoms. The Kier molecular flexibility index (Phi) is 8.29. The van der Waals surface area contributed by atoms with Gasteiger partial charge in [0, 0.05) is 37.3 Å². The Bertz CT molecular complexity index is 1980. The van der Waals surface area contributed by atoms with Crippen molar-refractivity contribution in [3.05, 3.63) is 83.1 Å². The molecule has 2 aromatic heterocycles. The highest BCUT2D eigenvalue weighted by atomic mass is 32.2. The van der Waals surface area contributed by atoms with E-state index in [1.165, 1.54) is 12.1 Å². The molecule has 4 aromatic rings. The fraction of sp³-hybridized carbons (Fsp3) is 0.394. The molecule has 5 heterocycles. The van der Waals surface area contributed by atoms with Crippen molar-refractivity contribution in [2.24, 2.45) is 0 Å². The lowest BCUT2D eigenvalue weighted by molar-refractivity contribution is -0.0592. The summed E-state index contributed by atoms with van der Waals surface area (Å²) >= 11 is 0. The molecule has 3 aliphatic rings. The smallest absolute Gasteiger partial charge is 0.264 e. The van der Waals surface area contributed by atoms with Crippen molar-refractivity contribution < 1.29 is 27.1 Å². The first-order valence-corrected chi connectivity index (χ1v) is 17.4. The number of carbonyl (C=O) groups excluding carboxylic acids is 1. The van der Waals surface area contributed by atoms with Crippen LogP contribution >= 0.6 is 0 Å². The zero-order valence-corrected chi connectivity index (χ0v) is 26.6. The first kappa shape index (κ1) is 31.0. The summed E-state index contributed by atoms with van der Waals surface area (Å²) in [6.07, 6.45) is 4.02. The number of rotatable bonds is 10. The second-order valence-electron chi connectivity index (χ2n) is 12.3. The first-order valence-electron chi connectivity index (χ1n) is 15.6. The number of nitrogens with zero attached hydrogens (tertiary/aromatic N) is 6. The number of benzene rings is 2. The lowest BCUT2D eigenvalue weighted by atomic mass is 10.1. The highest BCUT2D eigenvalue weighted by molar-refractivity contribution is 7.89. The number of hydrogen-bond acceptors (Lipinski definition) is 10. The molecule has 3 aliphatic heterocycles. The maximum atomic E-state index is 14.3. The largest absolute Gasteiger partial charge is 0.484 e. The number of fused-ring (bicyclic) bond motifs is 3. The van der Waals surface area contributed by atoms with Crippen molar-refractivity contribution in [2.45, 2.75) is 57.1 Å². The van der Waals surface area contributed by atoms with E-state index in [0.717, 1.165) is 67.3 Å². The number of amides is 1. The zero-order chi connectivity index (χ0) is 32.7. The number of halogens is 1. The number of likely N-dealkylation sites (tertiary alicyclic amines) is 1. The fourth-order valence-electron chi connectivity index (χ4n) is 6.72. The summed E-state index contributed by atoms with van der Waals surface area (Å²) in [5.41, 5.74) is 2.67. The van der Waals surface area contributed by atoms with Gasteiger partial charge in [-0.2, -0.15) is 5.26 Å². The van der Waals surface area contributed by atoms with E-state index in [1.54, 1.807) is 18.2 Å². The number of aromatic nitrogens is 3. The van der Waals surface area contributed by atoms with Crippen molar-refractivity contribution in [3.8, 4) is 11.8 Å². The molecule has 0 spiro atoms. The Morgan fingerprint density at radius 3 is 2.57 bits per heavy atom. The van der Waals surface area contributed by atoms with Crippen molar-refractivity contribution >= 4 is 32.8 Å². The molecule has 0 radical (unpaired) electrons. The van der Waals surface area contributed by atoms with Crippen LogP contribution < -0.4 is 14.4 Å². The number of nitrogens with one attached hydrogen (secondary N) is 1. The second-order valence-corrected chi connectivity index (χ2v) is 14.1. The summed E-state index contributed by atoms with van der Waals surface area (Å²) in [6.45, 7) is 3.67. The molecule has 2 aromatic carbocycles. The Morgan fingerprint density at radius 2 is 1.89 bits per heavy atom. The Labute approximate surface area is 271 Å². The van der Waals surface area contributed by atoms with Crippen molar-refractivity contribution in [2.75, 3.05) is 30.9 Å². The van der Waals surface area contributed by atoms with Crippen LogP contribution in [0.5, 0.6) is 5.75 Å². The van der Waals surface area contributed by atoms with Crippen LogP contribution in [-0.2, 0) is 34.5 Å². The predicted octanol–water partition coefficient (Wildman–Crippen LogP) is 3.35. The topological polar surface area (TPSA) is 143 Å². The quantitative estimate of drug-likeness (QED) is 0.269. The number of anilines is 1. The lowest BCUT2D eigenvalue weighted by Gasteiger charge is -2.42. The summed E-state index contributed by atoms with van der Waals surface area (Å²) in [5, 5.41) is 8.98. The van der Waals surface area contributed by atoms with E-state index in [-0.39, 0.29) is 41.7 Å². The first-order chi connectivity index (χ1) is 22.6. The number of piperazine rings is 1. The van der Waals surface area contributed by atoms with E-state index < -0.39 is 21.7 Å². The highest BCUT2D eigenvalue weighted by Crippen LogP contribution is 2.35. The van der Waals surface area contributed by atoms with Gasteiger partial charge >= 0.3 is 0 Å². The van der Waals surface area contributed by atoms with Gasteiger partial charge in [-0.3, -0.25) is 9.69 Å². The molecular weight excluding hydrogens is 625 g/mol. The van der Waals surface area contributed by atoms with Crippen LogP contribution in [0.1, 0.15) is 46.7 Å². The SMILES string of the molecule is CS(=O)(=O)NC(=O)c1ccc2nc(CN3CC4CCC(C3)N4c3cccc(COc4ccc(C#N)cc4F)n3)n(C[C@@H]3CCO3)c2c1. The van der Waals surface area contributed by atoms with Gasteiger partial charge in [-0.25, -0.2) is 27.5 Å². The number of carbonyl (C=O) groups is 1. The molecule has 3 fully saturated rings. The second kappa shape index (κ2) is 12.6. The third-order valence-corrected chi connectivity index (χ3v) is 9.52. The van der Waals surface area contributed by atoms with E-state index in [9.17, 15) is 17.6 Å². The monoisotopic (exact) mass is 659 g/mol. The summed E-state index contributed by atoms with van der Waals surface area (Å²) < 4.78 is 53.2. The number of nitriles is 1. The predicted molar refractivity (Wildman–Crippen MR) is 171 cm³/mol. The summed E-state index contributed by atoms with van der Waals surface area (Å²) in [4.78, 5) is 27.2. The number of sulfonamides is 1. The molecule has 3 saturated heterocycles. The standard InChI is InChI=1S/C33H34FN7O5S/c1-47(43,44)38-33(42)22-6-9-28-29(14-22)40(18-26-11-12-45-26)32(37-28)19-39-16-24-7-8-25(17-39)41(24)31-4-2-3-23(36-31)20-46-30-10-5-21(15-35)13-27(30)34/h2-6,9-10,13-14,24-26H,7-8,11-12,16-20H2,1H3,(H,38,42)/t24?,25?,26-/m0/s1. The molecule has 2 bridgehead atoms. The van der Waals surface area contributed by atoms with Gasteiger partial charge in [-0.05, 0) is 67.8 Å². The van der Waals surface area contributed by atoms with Crippen molar-refractivity contribution in [1.82, 2.24) is 24.2 Å². The molecule has 3 atom stereocenters. The fourth-order valence-corrected chi connectivity index (χ4v) is 7.18. The number of ether oxygens (including phenoxy) is 2. The number of hydrogen-bond donors (Lipinski definition) is 1. The van der Waals surface area contributed by atoms with Crippen LogP contribution in [-0.4, -0.2) is 77.9 Å². The van der Waals surface area contributed by atoms with Crippen LogP contribution in [0.3, 0.4) is 0 Å². The van der Waals surface area contributed by atoms with E-state index in [4.69, 9.17) is 24.7 Å². The van der Waals surface area contributed by atoms with Crippen LogP contribution in [0.25, 0.3) is 11.0 Å². The van der Waals surface area contributed by atoms with Gasteiger partial charge in [0.1, 0.15) is 18.2 Å². The summed E-state index contributed by atoms with van der Waals surface area (Å²) in [7, 11) is -3.70. The lowest BCUT2D eigenvalue weighted by Crippen LogP contribution is -2.54. The third-order valence-electron chi connectivity index (χ3n) is 8.96. The van der Waals surface area contributed by atoms with E-state index in [1.807, 2.05) is 29.0 Å². The highest BCUT2D eigenvalue weighted by Gasteiger charge is 2.41.